The lowest BCUT2D eigenvalue weighted by atomic mass is 10.2. The van der Waals surface area contributed by atoms with Crippen molar-refractivity contribution in [3.05, 3.63) is 54.1 Å². The summed E-state index contributed by atoms with van der Waals surface area (Å²) in [6.45, 7) is 0. The van der Waals surface area contributed by atoms with Crippen LogP contribution in [0.15, 0.2) is 58.3 Å². The maximum Gasteiger partial charge on any atom is 0.501 e. The van der Waals surface area contributed by atoms with Gasteiger partial charge in [0.2, 0.25) is 0 Å². The molecular formula is C15H10F5NO3S2. The first-order valence-electron chi connectivity index (χ1n) is 6.78. The van der Waals surface area contributed by atoms with Gasteiger partial charge in [-0.2, -0.15) is 22.0 Å². The highest BCUT2D eigenvalue weighted by Crippen LogP contribution is 2.30. The molecule has 0 aliphatic heterocycles. The third kappa shape index (κ3) is 4.73. The Kier molecular flexibility index (Phi) is 5.91. The average Bonchev–Trinajstić information content (AvgIpc) is 2.55. The fraction of sp³-hybridized carbons (Fsp3) is 0.133. The molecule has 0 aliphatic carbocycles. The Morgan fingerprint density at radius 1 is 0.962 bits per heavy atom. The molecule has 1 amide bonds. The molecule has 0 heterocycles. The number of alkyl halides is 5. The molecule has 0 bridgehead atoms. The van der Waals surface area contributed by atoms with Crippen LogP contribution in [-0.2, 0) is 9.84 Å². The lowest BCUT2D eigenvalue weighted by Gasteiger charge is -2.09. The van der Waals surface area contributed by atoms with Gasteiger partial charge in [0.25, 0.3) is 21.5 Å². The molecular weight excluding hydrogens is 401 g/mol. The van der Waals surface area contributed by atoms with E-state index in [2.05, 4.69) is 5.32 Å². The number of nitrogens with one attached hydrogen (secondary N) is 1. The van der Waals surface area contributed by atoms with Crippen molar-refractivity contribution in [3.63, 3.8) is 0 Å². The zero-order chi connectivity index (χ0) is 19.5. The topological polar surface area (TPSA) is 63.2 Å². The van der Waals surface area contributed by atoms with Gasteiger partial charge in [-0.15, -0.1) is 0 Å². The smallest absolute Gasteiger partial charge is 0.322 e. The Morgan fingerprint density at radius 3 is 1.96 bits per heavy atom. The van der Waals surface area contributed by atoms with Crippen LogP contribution in [0.4, 0.5) is 27.6 Å². The van der Waals surface area contributed by atoms with E-state index in [1.807, 2.05) is 0 Å². The summed E-state index contributed by atoms with van der Waals surface area (Å²) in [7, 11) is -5.49. The fourth-order valence-electron chi connectivity index (χ4n) is 1.84. The van der Waals surface area contributed by atoms with Crippen LogP contribution < -0.4 is 5.32 Å². The molecule has 4 nitrogen and oxygen atoms in total. The number of anilines is 1. The zero-order valence-corrected chi connectivity index (χ0v) is 14.3. The first-order valence-corrected chi connectivity index (χ1v) is 9.14. The molecule has 2 aromatic carbocycles. The molecule has 0 saturated carbocycles. The minimum atomic E-state index is -5.49. The predicted molar refractivity (Wildman–Crippen MR) is 85.9 cm³/mol. The average molecular weight is 411 g/mol. The van der Waals surface area contributed by atoms with E-state index in [9.17, 15) is 35.2 Å². The second-order valence-corrected chi connectivity index (χ2v) is 7.84. The first-order chi connectivity index (χ1) is 12.0. The summed E-state index contributed by atoms with van der Waals surface area (Å²) in [6, 6.07) is 8.73. The number of halogens is 5. The summed E-state index contributed by atoms with van der Waals surface area (Å²) in [5.74, 6) is -3.28. The van der Waals surface area contributed by atoms with Crippen molar-refractivity contribution in [3.8, 4) is 0 Å². The van der Waals surface area contributed by atoms with Gasteiger partial charge in [0.1, 0.15) is 0 Å². The molecule has 0 fully saturated rings. The second-order valence-electron chi connectivity index (χ2n) is 4.83. The van der Waals surface area contributed by atoms with Crippen LogP contribution in [0.2, 0.25) is 0 Å². The lowest BCUT2D eigenvalue weighted by molar-refractivity contribution is -0.0436. The van der Waals surface area contributed by atoms with E-state index in [4.69, 9.17) is 0 Å². The van der Waals surface area contributed by atoms with Crippen LogP contribution in [0.5, 0.6) is 0 Å². The third-order valence-electron chi connectivity index (χ3n) is 3.07. The van der Waals surface area contributed by atoms with Gasteiger partial charge in [-0.05, 0) is 48.5 Å². The third-order valence-corrected chi connectivity index (χ3v) is 5.29. The Balaban J connectivity index is 2.11. The molecule has 0 saturated heterocycles. The summed E-state index contributed by atoms with van der Waals surface area (Å²) in [4.78, 5) is 11.3. The Bertz CT molecular complexity index is 879. The number of carbonyl (C=O) groups is 1. The molecule has 26 heavy (non-hydrogen) atoms. The van der Waals surface area contributed by atoms with Crippen molar-refractivity contribution < 1.29 is 35.2 Å². The summed E-state index contributed by atoms with van der Waals surface area (Å²) in [5, 5.41) is 2.42. The quantitative estimate of drug-likeness (QED) is 0.579. The van der Waals surface area contributed by atoms with Crippen molar-refractivity contribution in [2.45, 2.75) is 21.1 Å². The van der Waals surface area contributed by atoms with Gasteiger partial charge < -0.3 is 5.32 Å². The van der Waals surface area contributed by atoms with Gasteiger partial charge in [0, 0.05) is 16.1 Å². The fourth-order valence-corrected chi connectivity index (χ4v) is 3.10. The van der Waals surface area contributed by atoms with Crippen molar-refractivity contribution in [1.29, 1.82) is 0 Å². The van der Waals surface area contributed by atoms with Crippen molar-refractivity contribution in [2.24, 2.45) is 0 Å². The van der Waals surface area contributed by atoms with Crippen molar-refractivity contribution in [2.75, 3.05) is 5.32 Å². The largest absolute Gasteiger partial charge is 0.501 e. The van der Waals surface area contributed by atoms with Crippen molar-refractivity contribution >= 4 is 33.2 Å². The Morgan fingerprint density at radius 2 is 1.50 bits per heavy atom. The Labute approximate surface area is 149 Å². The molecule has 140 valence electrons. The number of thioether (sulfide) groups is 1. The van der Waals surface area contributed by atoms with Crippen LogP contribution in [-0.4, -0.2) is 25.6 Å². The van der Waals surface area contributed by atoms with E-state index in [1.165, 1.54) is 24.3 Å². The summed E-state index contributed by atoms with van der Waals surface area (Å²) in [5.41, 5.74) is -5.23. The molecule has 0 radical (unpaired) electrons. The van der Waals surface area contributed by atoms with E-state index in [1.54, 1.807) is 0 Å². The van der Waals surface area contributed by atoms with Crippen LogP contribution in [0.1, 0.15) is 10.4 Å². The molecule has 2 rings (SSSR count). The highest BCUT2D eigenvalue weighted by Gasteiger charge is 2.46. The predicted octanol–water partition coefficient (Wildman–Crippen LogP) is 4.55. The molecule has 11 heteroatoms. The molecule has 0 spiro atoms. The Hall–Kier alpha value is -2.14. The van der Waals surface area contributed by atoms with Crippen LogP contribution in [0.25, 0.3) is 0 Å². The maximum atomic E-state index is 12.5. The normalized spacial score (nSPS) is 12.2. The molecule has 0 aliphatic rings. The summed E-state index contributed by atoms with van der Waals surface area (Å²) < 4.78 is 84.3. The first kappa shape index (κ1) is 20.2. The van der Waals surface area contributed by atoms with Gasteiger partial charge in [0.05, 0.1) is 4.90 Å². The van der Waals surface area contributed by atoms with Gasteiger partial charge >= 0.3 is 5.51 Å². The lowest BCUT2D eigenvalue weighted by Crippen LogP contribution is -2.23. The molecule has 0 atom stereocenters. The monoisotopic (exact) mass is 411 g/mol. The SMILES string of the molecule is O=C(Nc1ccc(SC(F)F)cc1)c1ccc(S(=O)(=O)C(F)(F)F)cc1. The van der Waals surface area contributed by atoms with E-state index < -0.39 is 31.9 Å². The van der Waals surface area contributed by atoms with Crippen molar-refractivity contribution in [1.82, 2.24) is 0 Å². The number of carbonyl (C=O) groups excluding carboxylic acids is 1. The maximum absolute atomic E-state index is 12.5. The molecule has 1 N–H and O–H groups in total. The van der Waals surface area contributed by atoms with Crippen LogP contribution in [0.3, 0.4) is 0 Å². The molecule has 0 unspecified atom stereocenters. The number of rotatable bonds is 5. The molecule has 2 aromatic rings. The van der Waals surface area contributed by atoms with E-state index in [0.29, 0.717) is 28.8 Å². The van der Waals surface area contributed by atoms with Gasteiger partial charge in [0.15, 0.2) is 0 Å². The summed E-state index contributed by atoms with van der Waals surface area (Å²) >= 11 is 0.333. The minimum absolute atomic E-state index is 0.0721. The summed E-state index contributed by atoms with van der Waals surface area (Å²) in [6.07, 6.45) is 0. The highest BCUT2D eigenvalue weighted by molar-refractivity contribution is 7.99. The van der Waals surface area contributed by atoms with Gasteiger partial charge in [-0.1, -0.05) is 11.8 Å². The number of hydrogen-bond donors (Lipinski definition) is 1. The number of hydrogen-bond acceptors (Lipinski definition) is 4. The number of amides is 1. The molecule has 0 aromatic heterocycles. The van der Waals surface area contributed by atoms with Crippen LogP contribution in [0, 0.1) is 0 Å². The van der Waals surface area contributed by atoms with E-state index in [0.717, 1.165) is 12.1 Å². The standard InChI is InChI=1S/C15H10F5NO3S2/c16-14(17)25-11-5-3-10(4-6-11)21-13(22)9-1-7-12(8-2-9)26(23,24)15(18,19)20/h1-8,14H,(H,21,22). The number of benzene rings is 2. The minimum Gasteiger partial charge on any atom is -0.322 e. The number of sulfone groups is 1. The highest BCUT2D eigenvalue weighted by atomic mass is 32.2. The van der Waals surface area contributed by atoms with E-state index in [-0.39, 0.29) is 11.3 Å². The second kappa shape index (κ2) is 7.62. The van der Waals surface area contributed by atoms with Gasteiger partial charge in [-0.3, -0.25) is 4.79 Å². The van der Waals surface area contributed by atoms with Gasteiger partial charge in [-0.25, -0.2) is 8.42 Å². The zero-order valence-electron chi connectivity index (χ0n) is 12.6. The van der Waals surface area contributed by atoms with Crippen LogP contribution >= 0.6 is 11.8 Å². The van der Waals surface area contributed by atoms with E-state index >= 15 is 0 Å².